The van der Waals surface area contributed by atoms with E-state index in [1.807, 2.05) is 0 Å². The van der Waals surface area contributed by atoms with E-state index in [0.717, 1.165) is 5.56 Å². The molecule has 1 fully saturated rings. The topological polar surface area (TPSA) is 43.1 Å². The lowest BCUT2D eigenvalue weighted by atomic mass is 9.83. The van der Waals surface area contributed by atoms with E-state index in [2.05, 4.69) is 15.2 Å². The van der Waals surface area contributed by atoms with Gasteiger partial charge in [-0.3, -0.25) is 0 Å². The van der Waals surface area contributed by atoms with Gasteiger partial charge >= 0.3 is 0 Å². The summed E-state index contributed by atoms with van der Waals surface area (Å²) in [5.74, 6) is -1.89. The molecule has 102 valence electrons. The van der Waals surface area contributed by atoms with Crippen molar-refractivity contribution in [2.45, 2.75) is 44.4 Å². The zero-order chi connectivity index (χ0) is 13.6. The first-order chi connectivity index (χ1) is 8.94. The molecule has 3 rings (SSSR count). The molecule has 1 aliphatic carbocycles. The highest BCUT2D eigenvalue weighted by molar-refractivity contribution is 6.29. The van der Waals surface area contributed by atoms with E-state index in [1.165, 1.54) is 4.63 Å². The van der Waals surface area contributed by atoms with Crippen molar-refractivity contribution in [3.63, 3.8) is 0 Å². The number of nitrogens with zero attached hydrogens (tertiary/aromatic N) is 4. The molecule has 0 spiro atoms. The Balaban J connectivity index is 2.00. The van der Waals surface area contributed by atoms with E-state index in [9.17, 15) is 8.78 Å². The molecule has 0 amide bonds. The number of aryl methyl sites for hydroxylation is 1. The summed E-state index contributed by atoms with van der Waals surface area (Å²) >= 11 is 5.96. The average Bonchev–Trinajstić information content (AvgIpc) is 2.68. The Kier molecular flexibility index (Phi) is 2.92. The smallest absolute Gasteiger partial charge is 0.210 e. The van der Waals surface area contributed by atoms with Crippen LogP contribution in [0.2, 0.25) is 5.15 Å². The van der Waals surface area contributed by atoms with Crippen LogP contribution in [0.5, 0.6) is 0 Å². The average molecular weight is 287 g/mol. The maximum absolute atomic E-state index is 13.2. The maximum Gasteiger partial charge on any atom is 0.248 e. The van der Waals surface area contributed by atoms with Crippen molar-refractivity contribution in [3.05, 3.63) is 22.6 Å². The van der Waals surface area contributed by atoms with E-state index < -0.39 is 5.92 Å². The lowest BCUT2D eigenvalue weighted by Gasteiger charge is -2.28. The molecule has 0 aliphatic heterocycles. The highest BCUT2D eigenvalue weighted by Gasteiger charge is 2.36. The molecule has 4 nitrogen and oxygen atoms in total. The van der Waals surface area contributed by atoms with Crippen molar-refractivity contribution >= 4 is 17.2 Å². The Morgan fingerprint density at radius 3 is 2.68 bits per heavy atom. The van der Waals surface area contributed by atoms with Gasteiger partial charge in [-0.15, -0.1) is 14.8 Å². The molecule has 1 aliphatic rings. The van der Waals surface area contributed by atoms with Crippen LogP contribution in [0.3, 0.4) is 0 Å². The van der Waals surface area contributed by atoms with Crippen LogP contribution in [0.25, 0.3) is 5.65 Å². The third-order valence-electron chi connectivity index (χ3n) is 3.58. The van der Waals surface area contributed by atoms with Gasteiger partial charge in [-0.2, -0.15) is 0 Å². The van der Waals surface area contributed by atoms with Gasteiger partial charge < -0.3 is 0 Å². The lowest BCUT2D eigenvalue weighted by molar-refractivity contribution is -0.0381. The minimum Gasteiger partial charge on any atom is -0.210 e. The van der Waals surface area contributed by atoms with Gasteiger partial charge in [0, 0.05) is 18.4 Å². The first kappa shape index (κ1) is 12.7. The molecule has 2 heterocycles. The van der Waals surface area contributed by atoms with Crippen molar-refractivity contribution in [1.82, 2.24) is 19.8 Å². The van der Waals surface area contributed by atoms with Crippen molar-refractivity contribution in [2.75, 3.05) is 0 Å². The van der Waals surface area contributed by atoms with Crippen molar-refractivity contribution < 1.29 is 8.78 Å². The summed E-state index contributed by atoms with van der Waals surface area (Å²) in [6.07, 6.45) is 0.706. The summed E-state index contributed by atoms with van der Waals surface area (Å²) in [5.41, 5.74) is 1.49. The maximum atomic E-state index is 13.2. The van der Waals surface area contributed by atoms with Gasteiger partial charge in [0.25, 0.3) is 0 Å². The fourth-order valence-corrected chi connectivity index (χ4v) is 2.81. The van der Waals surface area contributed by atoms with Crippen molar-refractivity contribution in [2.24, 2.45) is 0 Å². The minimum atomic E-state index is -2.53. The highest BCUT2D eigenvalue weighted by atomic mass is 35.5. The number of hydrogen-bond acceptors (Lipinski definition) is 3. The van der Waals surface area contributed by atoms with Crippen LogP contribution >= 0.6 is 11.6 Å². The van der Waals surface area contributed by atoms with Crippen LogP contribution < -0.4 is 0 Å². The third-order valence-corrected chi connectivity index (χ3v) is 3.76. The summed E-state index contributed by atoms with van der Waals surface area (Å²) in [6, 6.07) is 1.72. The molecular formula is C12H13ClF2N4. The molecule has 7 heteroatoms. The Labute approximate surface area is 113 Å². The first-order valence-electron chi connectivity index (χ1n) is 6.22. The van der Waals surface area contributed by atoms with E-state index in [0.29, 0.717) is 29.5 Å². The zero-order valence-corrected chi connectivity index (χ0v) is 11.2. The second kappa shape index (κ2) is 4.37. The molecule has 2 aromatic heterocycles. The SMILES string of the molecule is Cc1nc2c(C3CCC(F)(F)CC3)cc(Cl)nn2n1. The minimum absolute atomic E-state index is 0.0474. The van der Waals surface area contributed by atoms with Crippen molar-refractivity contribution in [1.29, 1.82) is 0 Å². The quantitative estimate of drug-likeness (QED) is 0.807. The molecule has 0 aromatic carbocycles. The molecule has 0 unspecified atom stereocenters. The molecular weight excluding hydrogens is 274 g/mol. The van der Waals surface area contributed by atoms with Gasteiger partial charge in [0.15, 0.2) is 10.8 Å². The Bertz CT molecular complexity index is 615. The molecule has 0 radical (unpaired) electrons. The molecule has 19 heavy (non-hydrogen) atoms. The lowest BCUT2D eigenvalue weighted by Crippen LogP contribution is -2.24. The number of alkyl halides is 2. The predicted molar refractivity (Wildman–Crippen MR) is 66.7 cm³/mol. The standard InChI is InChI=1S/C12H13ClF2N4/c1-7-16-11-9(6-10(13)18-19(11)17-7)8-2-4-12(14,15)5-3-8/h6,8H,2-5H2,1H3. The summed E-state index contributed by atoms with van der Waals surface area (Å²) in [7, 11) is 0. The number of fused-ring (bicyclic) bond motifs is 1. The van der Waals surface area contributed by atoms with E-state index in [-0.39, 0.29) is 18.8 Å². The monoisotopic (exact) mass is 286 g/mol. The van der Waals surface area contributed by atoms with Crippen LogP contribution in [0.1, 0.15) is 43.0 Å². The number of aromatic nitrogens is 4. The Morgan fingerprint density at radius 2 is 2.00 bits per heavy atom. The molecule has 0 bridgehead atoms. The van der Waals surface area contributed by atoms with Crippen molar-refractivity contribution in [3.8, 4) is 0 Å². The number of hydrogen-bond donors (Lipinski definition) is 0. The van der Waals surface area contributed by atoms with Gasteiger partial charge in [0.2, 0.25) is 5.92 Å². The Morgan fingerprint density at radius 1 is 1.32 bits per heavy atom. The Hall–Kier alpha value is -1.30. The summed E-state index contributed by atoms with van der Waals surface area (Å²) in [5, 5.41) is 8.47. The van der Waals surface area contributed by atoms with Crippen LogP contribution in [-0.4, -0.2) is 25.7 Å². The largest absolute Gasteiger partial charge is 0.248 e. The van der Waals surface area contributed by atoms with E-state index in [4.69, 9.17) is 11.6 Å². The third kappa shape index (κ3) is 2.41. The molecule has 0 saturated heterocycles. The van der Waals surface area contributed by atoms with E-state index >= 15 is 0 Å². The van der Waals surface area contributed by atoms with Gasteiger partial charge in [-0.25, -0.2) is 13.8 Å². The van der Waals surface area contributed by atoms with Gasteiger partial charge in [-0.1, -0.05) is 11.6 Å². The van der Waals surface area contributed by atoms with Crippen LogP contribution in [0.4, 0.5) is 8.78 Å². The fraction of sp³-hybridized carbons (Fsp3) is 0.583. The summed E-state index contributed by atoms with van der Waals surface area (Å²) in [4.78, 5) is 4.31. The molecule has 2 aromatic rings. The normalized spacial score (nSPS) is 20.0. The summed E-state index contributed by atoms with van der Waals surface area (Å²) in [6.45, 7) is 1.77. The number of halogens is 3. The van der Waals surface area contributed by atoms with Crippen LogP contribution in [-0.2, 0) is 0 Å². The zero-order valence-electron chi connectivity index (χ0n) is 10.4. The number of rotatable bonds is 1. The molecule has 0 N–H and O–H groups in total. The second-order valence-corrected chi connectivity index (χ2v) is 5.41. The molecule has 0 atom stereocenters. The predicted octanol–water partition coefficient (Wildman–Crippen LogP) is 3.38. The van der Waals surface area contributed by atoms with Crippen LogP contribution in [0.15, 0.2) is 6.07 Å². The fourth-order valence-electron chi connectivity index (χ4n) is 2.62. The van der Waals surface area contributed by atoms with Gasteiger partial charge in [0.1, 0.15) is 5.82 Å². The summed E-state index contributed by atoms with van der Waals surface area (Å²) < 4.78 is 27.8. The molecule has 1 saturated carbocycles. The first-order valence-corrected chi connectivity index (χ1v) is 6.60. The highest BCUT2D eigenvalue weighted by Crippen LogP contribution is 2.41. The van der Waals surface area contributed by atoms with Crippen LogP contribution in [0, 0.1) is 6.92 Å². The van der Waals surface area contributed by atoms with E-state index in [1.54, 1.807) is 13.0 Å². The second-order valence-electron chi connectivity index (χ2n) is 5.02. The van der Waals surface area contributed by atoms with Gasteiger partial charge in [-0.05, 0) is 31.7 Å². The van der Waals surface area contributed by atoms with Gasteiger partial charge in [0.05, 0.1) is 0 Å².